The van der Waals surface area contributed by atoms with Gasteiger partial charge < -0.3 is 9.40 Å². The first-order valence-corrected chi connectivity index (χ1v) is 6.80. The highest BCUT2D eigenvalue weighted by Crippen LogP contribution is 2.30. The average molecular weight is 262 g/mol. The molecule has 3 nitrogen and oxygen atoms in total. The van der Waals surface area contributed by atoms with Gasteiger partial charge in [-0.3, -0.25) is 0 Å². The molecule has 0 amide bonds. The van der Waals surface area contributed by atoms with Crippen molar-refractivity contribution in [3.8, 4) is 11.4 Å². The fourth-order valence-electron chi connectivity index (χ4n) is 2.57. The molecule has 0 aliphatic carbocycles. The predicted octanol–water partition coefficient (Wildman–Crippen LogP) is 4.54. The van der Waals surface area contributed by atoms with Gasteiger partial charge in [0.15, 0.2) is 0 Å². The molecule has 0 radical (unpaired) electrons. The first-order chi connectivity index (χ1) is 9.85. The SMILES string of the molecule is CCc1ccc2nc(-c3coc4ccccc34)[nH]c2c1. The van der Waals surface area contributed by atoms with Crippen LogP contribution in [0.5, 0.6) is 0 Å². The van der Waals surface area contributed by atoms with Gasteiger partial charge in [-0.05, 0) is 30.2 Å². The lowest BCUT2D eigenvalue weighted by Crippen LogP contribution is -1.78. The molecular formula is C17H14N2O. The first kappa shape index (κ1) is 11.3. The fraction of sp³-hybridized carbons (Fsp3) is 0.118. The lowest BCUT2D eigenvalue weighted by molar-refractivity contribution is 0.616. The number of furan rings is 1. The van der Waals surface area contributed by atoms with Gasteiger partial charge in [0.25, 0.3) is 0 Å². The molecule has 0 aliphatic heterocycles. The Morgan fingerprint density at radius 3 is 2.95 bits per heavy atom. The minimum absolute atomic E-state index is 0.859. The molecule has 2 aromatic heterocycles. The largest absolute Gasteiger partial charge is 0.464 e. The summed E-state index contributed by atoms with van der Waals surface area (Å²) in [6, 6.07) is 14.4. The molecule has 0 saturated carbocycles. The van der Waals surface area contributed by atoms with Crippen LogP contribution in [0.2, 0.25) is 0 Å². The van der Waals surface area contributed by atoms with Crippen LogP contribution in [0, 0.1) is 0 Å². The molecule has 3 heteroatoms. The molecule has 4 rings (SSSR count). The summed E-state index contributed by atoms with van der Waals surface area (Å²) in [5.74, 6) is 0.859. The first-order valence-electron chi connectivity index (χ1n) is 6.80. The van der Waals surface area contributed by atoms with E-state index in [0.717, 1.165) is 39.8 Å². The van der Waals surface area contributed by atoms with E-state index in [0.29, 0.717) is 0 Å². The number of hydrogen-bond acceptors (Lipinski definition) is 2. The Kier molecular flexibility index (Phi) is 2.39. The molecule has 0 spiro atoms. The monoisotopic (exact) mass is 262 g/mol. The Labute approximate surface area is 116 Å². The Balaban J connectivity index is 1.93. The van der Waals surface area contributed by atoms with Crippen molar-refractivity contribution in [2.75, 3.05) is 0 Å². The van der Waals surface area contributed by atoms with Gasteiger partial charge in [-0.1, -0.05) is 31.2 Å². The number of nitrogens with one attached hydrogen (secondary N) is 1. The number of nitrogens with zero attached hydrogens (tertiary/aromatic N) is 1. The summed E-state index contributed by atoms with van der Waals surface area (Å²) in [7, 11) is 0. The number of para-hydroxylation sites is 1. The number of benzene rings is 2. The summed E-state index contributed by atoms with van der Waals surface area (Å²) in [6.07, 6.45) is 2.79. The van der Waals surface area contributed by atoms with E-state index >= 15 is 0 Å². The van der Waals surface area contributed by atoms with Crippen LogP contribution in [0.3, 0.4) is 0 Å². The number of imidazole rings is 1. The number of H-pyrrole nitrogens is 1. The minimum Gasteiger partial charge on any atom is -0.464 e. The van der Waals surface area contributed by atoms with Crippen LogP contribution in [0.15, 0.2) is 53.1 Å². The van der Waals surface area contributed by atoms with E-state index in [1.165, 1.54) is 5.56 Å². The van der Waals surface area contributed by atoms with Crippen molar-refractivity contribution in [1.29, 1.82) is 0 Å². The molecule has 2 heterocycles. The van der Waals surface area contributed by atoms with Crippen molar-refractivity contribution >= 4 is 22.0 Å². The van der Waals surface area contributed by atoms with Gasteiger partial charge in [0, 0.05) is 5.39 Å². The maximum atomic E-state index is 5.58. The van der Waals surface area contributed by atoms with Crippen molar-refractivity contribution in [3.63, 3.8) is 0 Å². The summed E-state index contributed by atoms with van der Waals surface area (Å²) in [4.78, 5) is 8.06. The van der Waals surface area contributed by atoms with Gasteiger partial charge in [-0.25, -0.2) is 4.98 Å². The van der Waals surface area contributed by atoms with Gasteiger partial charge in [-0.2, -0.15) is 0 Å². The van der Waals surface area contributed by atoms with Gasteiger partial charge >= 0.3 is 0 Å². The van der Waals surface area contributed by atoms with Crippen molar-refractivity contribution in [1.82, 2.24) is 9.97 Å². The third-order valence-corrected chi connectivity index (χ3v) is 3.69. The van der Waals surface area contributed by atoms with Crippen molar-refractivity contribution in [3.05, 3.63) is 54.3 Å². The van der Waals surface area contributed by atoms with Crippen LogP contribution < -0.4 is 0 Å². The Bertz CT molecular complexity index is 902. The number of aryl methyl sites for hydroxylation is 1. The normalized spacial score (nSPS) is 11.4. The summed E-state index contributed by atoms with van der Waals surface area (Å²) >= 11 is 0. The molecule has 1 N–H and O–H groups in total. The van der Waals surface area contributed by atoms with E-state index in [1.54, 1.807) is 6.26 Å². The summed E-state index contributed by atoms with van der Waals surface area (Å²) in [6.45, 7) is 2.15. The zero-order valence-electron chi connectivity index (χ0n) is 11.2. The van der Waals surface area contributed by atoms with Crippen LogP contribution in [0.4, 0.5) is 0 Å². The maximum Gasteiger partial charge on any atom is 0.142 e. The predicted molar refractivity (Wildman–Crippen MR) is 80.7 cm³/mol. The molecule has 20 heavy (non-hydrogen) atoms. The molecule has 0 aliphatic rings. The Hall–Kier alpha value is -2.55. The van der Waals surface area contributed by atoms with Crippen LogP contribution in [-0.4, -0.2) is 9.97 Å². The Morgan fingerprint density at radius 1 is 1.15 bits per heavy atom. The van der Waals surface area contributed by atoms with E-state index in [9.17, 15) is 0 Å². The maximum absolute atomic E-state index is 5.58. The molecule has 2 aromatic carbocycles. The summed E-state index contributed by atoms with van der Waals surface area (Å²) in [5.41, 5.74) is 5.27. The molecule has 98 valence electrons. The smallest absolute Gasteiger partial charge is 0.142 e. The van der Waals surface area contributed by atoms with Gasteiger partial charge in [-0.15, -0.1) is 0 Å². The van der Waals surface area contributed by atoms with E-state index in [2.05, 4.69) is 41.2 Å². The standard InChI is InChI=1S/C17H14N2O/c1-2-11-7-8-14-15(9-11)19-17(18-14)13-10-20-16-6-4-3-5-12(13)16/h3-10H,2H2,1H3,(H,18,19). The van der Waals surface area contributed by atoms with Crippen LogP contribution in [0.25, 0.3) is 33.4 Å². The highest BCUT2D eigenvalue weighted by atomic mass is 16.3. The van der Waals surface area contributed by atoms with E-state index in [-0.39, 0.29) is 0 Å². The second-order valence-electron chi connectivity index (χ2n) is 4.94. The number of rotatable bonds is 2. The van der Waals surface area contributed by atoms with Crippen molar-refractivity contribution in [2.24, 2.45) is 0 Å². The van der Waals surface area contributed by atoms with Crippen LogP contribution in [-0.2, 0) is 6.42 Å². The molecule has 0 saturated heterocycles. The summed E-state index contributed by atoms with van der Waals surface area (Å²) < 4.78 is 5.58. The van der Waals surface area contributed by atoms with Gasteiger partial charge in [0.2, 0.25) is 0 Å². The topological polar surface area (TPSA) is 41.8 Å². The Morgan fingerprint density at radius 2 is 2.05 bits per heavy atom. The number of aromatic amines is 1. The number of hydrogen-bond donors (Lipinski definition) is 1. The number of fused-ring (bicyclic) bond motifs is 2. The third-order valence-electron chi connectivity index (χ3n) is 3.69. The molecule has 4 aromatic rings. The van der Waals surface area contributed by atoms with E-state index < -0.39 is 0 Å². The molecule has 0 atom stereocenters. The highest BCUT2D eigenvalue weighted by Gasteiger charge is 2.11. The zero-order chi connectivity index (χ0) is 13.5. The molecule has 0 unspecified atom stereocenters. The van der Waals surface area contributed by atoms with Crippen molar-refractivity contribution in [2.45, 2.75) is 13.3 Å². The van der Waals surface area contributed by atoms with Crippen molar-refractivity contribution < 1.29 is 4.42 Å². The summed E-state index contributed by atoms with van der Waals surface area (Å²) in [5, 5.41) is 1.09. The lowest BCUT2D eigenvalue weighted by atomic mass is 10.1. The fourth-order valence-corrected chi connectivity index (χ4v) is 2.57. The van der Waals surface area contributed by atoms with Gasteiger partial charge in [0.05, 0.1) is 16.6 Å². The van der Waals surface area contributed by atoms with Gasteiger partial charge in [0.1, 0.15) is 17.7 Å². The van der Waals surface area contributed by atoms with E-state index in [4.69, 9.17) is 4.42 Å². The molecule has 0 bridgehead atoms. The number of aromatic nitrogens is 2. The molecular weight excluding hydrogens is 248 g/mol. The minimum atomic E-state index is 0.859. The zero-order valence-corrected chi connectivity index (χ0v) is 11.2. The molecule has 0 fully saturated rings. The van der Waals surface area contributed by atoms with E-state index in [1.807, 2.05) is 18.2 Å². The quantitative estimate of drug-likeness (QED) is 0.576. The highest BCUT2D eigenvalue weighted by molar-refractivity contribution is 5.93. The second kappa shape index (κ2) is 4.23. The van der Waals surface area contributed by atoms with Crippen LogP contribution >= 0.6 is 0 Å². The lowest BCUT2D eigenvalue weighted by Gasteiger charge is -1.94. The average Bonchev–Trinajstić information content (AvgIpc) is 3.09. The third kappa shape index (κ3) is 1.63. The second-order valence-corrected chi connectivity index (χ2v) is 4.94. The van der Waals surface area contributed by atoms with Crippen LogP contribution in [0.1, 0.15) is 12.5 Å².